The smallest absolute Gasteiger partial charge is 0.0655 e. The molecule has 10 heavy (non-hydrogen) atoms. The van der Waals surface area contributed by atoms with Gasteiger partial charge < -0.3 is 5.73 Å². The average Bonchev–Trinajstić information content (AvgIpc) is 1.80. The van der Waals surface area contributed by atoms with Gasteiger partial charge >= 0.3 is 0 Å². The molecular weight excluding hydrogens is 239 g/mol. The van der Waals surface area contributed by atoms with E-state index in [0.717, 1.165) is 5.70 Å². The normalized spacial score (nSPS) is 14.6. The molecule has 0 radical (unpaired) electrons. The summed E-state index contributed by atoms with van der Waals surface area (Å²) >= 11 is 2.08. The molecule has 0 aliphatic heterocycles. The summed E-state index contributed by atoms with van der Waals surface area (Å²) in [6, 6.07) is 0. The number of allylic oxidation sites excluding steroid dienone is 1. The molecule has 3 heteroatoms. The molecule has 58 valence electrons. The monoisotopic (exact) mass is 252 g/mol. The lowest BCUT2D eigenvalue weighted by atomic mass is 9.93. The number of hydrogen-bond acceptors (Lipinski definition) is 2. The summed E-state index contributed by atoms with van der Waals surface area (Å²) in [6.45, 7) is 6.24. The highest BCUT2D eigenvalue weighted by Gasteiger charge is 2.14. The third-order valence-corrected chi connectivity index (χ3v) is 1.39. The van der Waals surface area contributed by atoms with Crippen LogP contribution in [0.15, 0.2) is 16.9 Å². The zero-order chi connectivity index (χ0) is 8.20. The van der Waals surface area contributed by atoms with Gasteiger partial charge in [0.2, 0.25) is 0 Å². The van der Waals surface area contributed by atoms with Crippen molar-refractivity contribution in [1.29, 1.82) is 0 Å². The van der Waals surface area contributed by atoms with Gasteiger partial charge in [0.15, 0.2) is 0 Å². The number of nitrogens with zero attached hydrogens (tertiary/aromatic N) is 1. The zero-order valence-corrected chi connectivity index (χ0v) is 8.71. The average molecular weight is 252 g/mol. The van der Waals surface area contributed by atoms with E-state index in [1.807, 2.05) is 0 Å². The van der Waals surface area contributed by atoms with Crippen LogP contribution in [0.3, 0.4) is 0 Å². The molecular formula is C7H13IN2. The molecule has 0 unspecified atom stereocenters. The lowest BCUT2D eigenvalue weighted by Gasteiger charge is -2.17. The summed E-state index contributed by atoms with van der Waals surface area (Å²) < 4.78 is 1.72. The van der Waals surface area contributed by atoms with E-state index in [1.54, 1.807) is 10.4 Å². The van der Waals surface area contributed by atoms with Crippen molar-refractivity contribution in [3.63, 3.8) is 0 Å². The topological polar surface area (TPSA) is 38.4 Å². The maximum absolute atomic E-state index is 5.37. The predicted octanol–water partition coefficient (Wildman–Crippen LogP) is 2.30. The van der Waals surface area contributed by atoms with Crippen LogP contribution in [0.25, 0.3) is 0 Å². The maximum Gasteiger partial charge on any atom is 0.0655 e. The second-order valence-corrected chi connectivity index (χ2v) is 3.59. The SMILES string of the molecule is CC(C)(C)/C(=C/N)N=CI. The number of nitrogens with two attached hydrogens (primary N) is 1. The molecule has 0 atom stereocenters. The third kappa shape index (κ3) is 3.20. The van der Waals surface area contributed by atoms with Crippen LogP contribution in [0, 0.1) is 5.41 Å². The summed E-state index contributed by atoms with van der Waals surface area (Å²) in [4.78, 5) is 4.11. The summed E-state index contributed by atoms with van der Waals surface area (Å²) in [5.41, 5.74) is 6.34. The van der Waals surface area contributed by atoms with Crippen LogP contribution in [0.2, 0.25) is 0 Å². The lowest BCUT2D eigenvalue weighted by Crippen LogP contribution is -2.09. The van der Waals surface area contributed by atoms with Crippen LogP contribution in [0.4, 0.5) is 0 Å². The van der Waals surface area contributed by atoms with E-state index in [1.165, 1.54) is 0 Å². The van der Waals surface area contributed by atoms with E-state index in [-0.39, 0.29) is 5.41 Å². The van der Waals surface area contributed by atoms with Gasteiger partial charge in [-0.15, -0.1) is 0 Å². The van der Waals surface area contributed by atoms with Gasteiger partial charge in [0, 0.05) is 11.6 Å². The molecule has 0 aliphatic carbocycles. The van der Waals surface area contributed by atoms with Gasteiger partial charge in [-0.05, 0) is 22.6 Å². The Morgan fingerprint density at radius 3 is 2.10 bits per heavy atom. The maximum atomic E-state index is 5.37. The molecule has 0 saturated heterocycles. The van der Waals surface area contributed by atoms with E-state index < -0.39 is 0 Å². The van der Waals surface area contributed by atoms with Gasteiger partial charge in [0.1, 0.15) is 0 Å². The summed E-state index contributed by atoms with van der Waals surface area (Å²) in [7, 11) is 0. The zero-order valence-electron chi connectivity index (χ0n) is 6.56. The van der Waals surface area contributed by atoms with E-state index >= 15 is 0 Å². The Labute approximate surface area is 75.7 Å². The third-order valence-electron chi connectivity index (χ3n) is 1.11. The molecule has 2 N–H and O–H groups in total. The molecule has 0 aliphatic rings. The van der Waals surface area contributed by atoms with Gasteiger partial charge in [0.25, 0.3) is 0 Å². The molecule has 2 nitrogen and oxygen atoms in total. The van der Waals surface area contributed by atoms with Crippen LogP contribution >= 0.6 is 22.6 Å². The number of rotatable bonds is 1. The highest BCUT2D eigenvalue weighted by Crippen LogP contribution is 2.24. The first-order valence-electron chi connectivity index (χ1n) is 3.07. The van der Waals surface area contributed by atoms with E-state index in [0.29, 0.717) is 0 Å². The van der Waals surface area contributed by atoms with Gasteiger partial charge in [-0.2, -0.15) is 0 Å². The molecule has 0 bridgehead atoms. The largest absolute Gasteiger partial charge is 0.403 e. The van der Waals surface area contributed by atoms with E-state index in [4.69, 9.17) is 5.73 Å². The molecule has 0 rings (SSSR count). The minimum absolute atomic E-state index is 0.0520. The van der Waals surface area contributed by atoms with Crippen molar-refractivity contribution in [1.82, 2.24) is 0 Å². The Morgan fingerprint density at radius 2 is 2.00 bits per heavy atom. The fourth-order valence-corrected chi connectivity index (χ4v) is 0.839. The van der Waals surface area contributed by atoms with Crippen molar-refractivity contribution >= 4 is 26.8 Å². The van der Waals surface area contributed by atoms with Crippen LogP contribution in [-0.4, -0.2) is 4.22 Å². The first kappa shape index (κ1) is 9.94. The first-order valence-corrected chi connectivity index (χ1v) is 4.32. The predicted molar refractivity (Wildman–Crippen MR) is 54.2 cm³/mol. The van der Waals surface area contributed by atoms with E-state index in [2.05, 4.69) is 48.4 Å². The van der Waals surface area contributed by atoms with E-state index in [9.17, 15) is 0 Å². The quantitative estimate of drug-likeness (QED) is 0.564. The van der Waals surface area contributed by atoms with Crippen molar-refractivity contribution < 1.29 is 0 Å². The van der Waals surface area contributed by atoms with Gasteiger partial charge in [-0.1, -0.05) is 20.8 Å². The highest BCUT2D eigenvalue weighted by atomic mass is 127. The summed E-state index contributed by atoms with van der Waals surface area (Å²) in [6.07, 6.45) is 1.55. The number of halogens is 1. The standard InChI is InChI=1S/C7H13IN2/c1-7(2,3)6(4-9)10-5-8/h4-5H,9H2,1-3H3/b6-4-,10-5?. The Kier molecular flexibility index (Phi) is 3.93. The Balaban J connectivity index is 4.39. The second kappa shape index (κ2) is 3.95. The summed E-state index contributed by atoms with van der Waals surface area (Å²) in [5.74, 6) is 0. The Bertz CT molecular complexity index is 153. The van der Waals surface area contributed by atoms with Crippen LogP contribution in [0.1, 0.15) is 20.8 Å². The molecule has 0 amide bonds. The lowest BCUT2D eigenvalue weighted by molar-refractivity contribution is 0.498. The first-order chi connectivity index (χ1) is 4.52. The second-order valence-electron chi connectivity index (χ2n) is 3.03. The Hall–Kier alpha value is -0.0600. The summed E-state index contributed by atoms with van der Waals surface area (Å²) in [5, 5.41) is 0. The Morgan fingerprint density at radius 1 is 1.50 bits per heavy atom. The van der Waals surface area contributed by atoms with Gasteiger partial charge in [0.05, 0.1) is 9.92 Å². The highest BCUT2D eigenvalue weighted by molar-refractivity contribution is 14.1. The van der Waals surface area contributed by atoms with Crippen LogP contribution < -0.4 is 5.73 Å². The van der Waals surface area contributed by atoms with Crippen molar-refractivity contribution in [3.05, 3.63) is 11.9 Å². The fraction of sp³-hybridized carbons (Fsp3) is 0.571. The van der Waals surface area contributed by atoms with Crippen molar-refractivity contribution in [2.75, 3.05) is 0 Å². The molecule has 0 saturated carbocycles. The van der Waals surface area contributed by atoms with Crippen LogP contribution in [-0.2, 0) is 0 Å². The molecule has 0 spiro atoms. The van der Waals surface area contributed by atoms with Crippen LogP contribution in [0.5, 0.6) is 0 Å². The minimum atomic E-state index is 0.0520. The van der Waals surface area contributed by atoms with Gasteiger partial charge in [-0.25, -0.2) is 0 Å². The molecule has 0 aromatic carbocycles. The number of hydrogen-bond donors (Lipinski definition) is 1. The fourth-order valence-electron chi connectivity index (χ4n) is 0.539. The molecule has 0 heterocycles. The van der Waals surface area contributed by atoms with Crippen molar-refractivity contribution in [2.45, 2.75) is 20.8 Å². The van der Waals surface area contributed by atoms with Crippen molar-refractivity contribution in [3.8, 4) is 0 Å². The minimum Gasteiger partial charge on any atom is -0.403 e. The molecule has 0 fully saturated rings. The molecule has 0 aromatic heterocycles. The van der Waals surface area contributed by atoms with Crippen molar-refractivity contribution in [2.24, 2.45) is 16.1 Å². The molecule has 0 aromatic rings. The van der Waals surface area contributed by atoms with Gasteiger partial charge in [-0.3, -0.25) is 4.99 Å². The number of aliphatic imine (C=N–C) groups is 1.